The number of rotatable bonds is 7. The average Bonchev–Trinajstić information content (AvgIpc) is 2.65. The number of fused-ring (bicyclic) bond motifs is 1. The summed E-state index contributed by atoms with van der Waals surface area (Å²) in [6.45, 7) is 2.24. The van der Waals surface area contributed by atoms with E-state index < -0.39 is 0 Å². The minimum Gasteiger partial charge on any atom is -0.497 e. The predicted octanol–water partition coefficient (Wildman–Crippen LogP) is 4.01. The highest BCUT2D eigenvalue weighted by molar-refractivity contribution is 5.49. The van der Waals surface area contributed by atoms with Crippen molar-refractivity contribution in [2.45, 2.75) is 31.7 Å². The third-order valence-corrected chi connectivity index (χ3v) is 5.15. The van der Waals surface area contributed by atoms with Gasteiger partial charge in [-0.15, -0.1) is 0 Å². The van der Waals surface area contributed by atoms with Crippen LogP contribution in [0.4, 0.5) is 5.69 Å². The van der Waals surface area contributed by atoms with Crippen LogP contribution >= 0.6 is 0 Å². The summed E-state index contributed by atoms with van der Waals surface area (Å²) in [5, 5.41) is 0. The van der Waals surface area contributed by atoms with Crippen LogP contribution < -0.4 is 9.64 Å². The van der Waals surface area contributed by atoms with Gasteiger partial charge in [0.15, 0.2) is 0 Å². The molecule has 3 nitrogen and oxygen atoms in total. The second-order valence-electron chi connectivity index (χ2n) is 7.22. The fourth-order valence-electron chi connectivity index (χ4n) is 3.80. The van der Waals surface area contributed by atoms with Crippen LogP contribution in [-0.4, -0.2) is 45.2 Å². The standard InChI is InChI=1S/C22H30N2O/c1-23(2)14-7-15-24(20-8-5-4-6-9-20)21-12-10-19-17-22(25-3)13-11-18(19)16-21/h4-6,8-9,11,13,17,21H,7,10,12,14-16H2,1-3H3. The van der Waals surface area contributed by atoms with Gasteiger partial charge in [-0.2, -0.15) is 0 Å². The molecule has 0 heterocycles. The largest absolute Gasteiger partial charge is 0.497 e. The number of hydrogen-bond donors (Lipinski definition) is 0. The van der Waals surface area contributed by atoms with Crippen molar-refractivity contribution in [1.82, 2.24) is 4.90 Å². The molecule has 25 heavy (non-hydrogen) atoms. The van der Waals surface area contributed by atoms with Gasteiger partial charge in [0.05, 0.1) is 7.11 Å². The molecule has 1 unspecified atom stereocenters. The minimum absolute atomic E-state index is 0.574. The monoisotopic (exact) mass is 338 g/mol. The topological polar surface area (TPSA) is 15.7 Å². The van der Waals surface area contributed by atoms with Gasteiger partial charge in [0.25, 0.3) is 0 Å². The zero-order valence-electron chi connectivity index (χ0n) is 15.7. The number of benzene rings is 2. The Morgan fingerprint density at radius 1 is 1.00 bits per heavy atom. The Kier molecular flexibility index (Phi) is 5.98. The summed E-state index contributed by atoms with van der Waals surface area (Å²) in [6.07, 6.45) is 4.65. The zero-order chi connectivity index (χ0) is 17.6. The molecule has 0 bridgehead atoms. The molecule has 0 aromatic heterocycles. The molecule has 1 atom stereocenters. The number of methoxy groups -OCH3 is 1. The first kappa shape index (κ1) is 17.8. The van der Waals surface area contributed by atoms with Gasteiger partial charge in [0, 0.05) is 18.3 Å². The minimum atomic E-state index is 0.574. The van der Waals surface area contributed by atoms with Crippen LogP contribution in [-0.2, 0) is 12.8 Å². The number of ether oxygens (including phenoxy) is 1. The van der Waals surface area contributed by atoms with Gasteiger partial charge in [-0.1, -0.05) is 24.3 Å². The fraction of sp³-hybridized carbons (Fsp3) is 0.455. The molecule has 2 aromatic rings. The lowest BCUT2D eigenvalue weighted by molar-refractivity contribution is 0.393. The molecule has 0 fully saturated rings. The van der Waals surface area contributed by atoms with Gasteiger partial charge in [0.2, 0.25) is 0 Å². The summed E-state index contributed by atoms with van der Waals surface area (Å²) < 4.78 is 5.38. The van der Waals surface area contributed by atoms with Crippen LogP contribution in [0.3, 0.4) is 0 Å². The van der Waals surface area contributed by atoms with E-state index >= 15 is 0 Å². The predicted molar refractivity (Wildman–Crippen MR) is 106 cm³/mol. The number of hydrogen-bond acceptors (Lipinski definition) is 3. The zero-order valence-corrected chi connectivity index (χ0v) is 15.7. The smallest absolute Gasteiger partial charge is 0.119 e. The van der Waals surface area contributed by atoms with Crippen molar-refractivity contribution in [3.63, 3.8) is 0 Å². The first-order valence-electron chi connectivity index (χ1n) is 9.29. The maximum absolute atomic E-state index is 5.38. The van der Waals surface area contributed by atoms with E-state index in [2.05, 4.69) is 72.4 Å². The Morgan fingerprint density at radius 3 is 2.52 bits per heavy atom. The molecule has 3 heteroatoms. The Bertz CT molecular complexity index is 669. The fourth-order valence-corrected chi connectivity index (χ4v) is 3.80. The van der Waals surface area contributed by atoms with E-state index in [1.54, 1.807) is 7.11 Å². The van der Waals surface area contributed by atoms with Crippen LogP contribution in [0.25, 0.3) is 0 Å². The van der Waals surface area contributed by atoms with E-state index in [1.165, 1.54) is 29.7 Å². The lowest BCUT2D eigenvalue weighted by Crippen LogP contribution is -2.41. The number of para-hydroxylation sites is 1. The van der Waals surface area contributed by atoms with Gasteiger partial charge >= 0.3 is 0 Å². The maximum Gasteiger partial charge on any atom is 0.119 e. The SMILES string of the molecule is COc1ccc2c(c1)CCC(N(CCCN(C)C)c1ccccc1)C2. The molecule has 0 spiro atoms. The van der Waals surface area contributed by atoms with Gasteiger partial charge in [-0.05, 0) is 81.7 Å². The van der Waals surface area contributed by atoms with Crippen molar-refractivity contribution in [3.8, 4) is 5.75 Å². The third-order valence-electron chi connectivity index (χ3n) is 5.15. The highest BCUT2D eigenvalue weighted by Crippen LogP contribution is 2.30. The normalized spacial score (nSPS) is 16.6. The van der Waals surface area contributed by atoms with E-state index in [0.717, 1.165) is 31.7 Å². The van der Waals surface area contributed by atoms with Crippen molar-refractivity contribution in [2.24, 2.45) is 0 Å². The van der Waals surface area contributed by atoms with Crippen LogP contribution in [0.1, 0.15) is 24.0 Å². The number of aryl methyl sites for hydroxylation is 1. The van der Waals surface area contributed by atoms with Crippen LogP contribution in [0, 0.1) is 0 Å². The molecule has 1 aliphatic rings. The van der Waals surface area contributed by atoms with Crippen LogP contribution in [0.5, 0.6) is 5.75 Å². The number of nitrogens with zero attached hydrogens (tertiary/aromatic N) is 2. The van der Waals surface area contributed by atoms with Gasteiger partial charge in [-0.3, -0.25) is 0 Å². The van der Waals surface area contributed by atoms with Crippen molar-refractivity contribution in [3.05, 3.63) is 59.7 Å². The Morgan fingerprint density at radius 2 is 1.80 bits per heavy atom. The highest BCUT2D eigenvalue weighted by atomic mass is 16.5. The molecule has 1 aliphatic carbocycles. The average molecular weight is 338 g/mol. The van der Waals surface area contributed by atoms with Crippen molar-refractivity contribution in [1.29, 1.82) is 0 Å². The summed E-state index contributed by atoms with van der Waals surface area (Å²) >= 11 is 0. The van der Waals surface area contributed by atoms with Gasteiger partial charge < -0.3 is 14.5 Å². The molecule has 134 valence electrons. The van der Waals surface area contributed by atoms with E-state index in [-0.39, 0.29) is 0 Å². The van der Waals surface area contributed by atoms with E-state index in [4.69, 9.17) is 4.74 Å². The molecule has 0 saturated carbocycles. The lowest BCUT2D eigenvalue weighted by atomic mass is 9.87. The highest BCUT2D eigenvalue weighted by Gasteiger charge is 2.24. The van der Waals surface area contributed by atoms with Crippen LogP contribution in [0.15, 0.2) is 48.5 Å². The summed E-state index contributed by atoms with van der Waals surface area (Å²) in [5.41, 5.74) is 4.28. The molecule has 3 rings (SSSR count). The quantitative estimate of drug-likeness (QED) is 0.758. The van der Waals surface area contributed by atoms with Crippen LogP contribution in [0.2, 0.25) is 0 Å². The molecule has 0 radical (unpaired) electrons. The maximum atomic E-state index is 5.38. The second kappa shape index (κ2) is 8.39. The van der Waals surface area contributed by atoms with Gasteiger partial charge in [-0.25, -0.2) is 0 Å². The van der Waals surface area contributed by atoms with E-state index in [9.17, 15) is 0 Å². The molecule has 0 aliphatic heterocycles. The summed E-state index contributed by atoms with van der Waals surface area (Å²) in [5.74, 6) is 0.975. The lowest BCUT2D eigenvalue weighted by Gasteiger charge is -2.37. The van der Waals surface area contributed by atoms with Crippen molar-refractivity contribution in [2.75, 3.05) is 39.2 Å². The molecule has 0 saturated heterocycles. The Labute approximate surface area is 152 Å². The molecule has 0 N–H and O–H groups in total. The first-order valence-corrected chi connectivity index (χ1v) is 9.29. The molecule has 0 amide bonds. The first-order chi connectivity index (χ1) is 12.2. The molecule has 2 aromatic carbocycles. The second-order valence-corrected chi connectivity index (χ2v) is 7.22. The summed E-state index contributed by atoms with van der Waals surface area (Å²) in [6, 6.07) is 18.0. The molecular weight excluding hydrogens is 308 g/mol. The Balaban J connectivity index is 1.76. The number of anilines is 1. The molecular formula is C22H30N2O. The summed E-state index contributed by atoms with van der Waals surface area (Å²) in [4.78, 5) is 4.89. The Hall–Kier alpha value is -2.00. The van der Waals surface area contributed by atoms with Crippen molar-refractivity contribution >= 4 is 5.69 Å². The van der Waals surface area contributed by atoms with E-state index in [0.29, 0.717) is 6.04 Å². The van der Waals surface area contributed by atoms with Crippen molar-refractivity contribution < 1.29 is 4.74 Å². The van der Waals surface area contributed by atoms with Gasteiger partial charge in [0.1, 0.15) is 5.75 Å². The summed E-state index contributed by atoms with van der Waals surface area (Å²) in [7, 11) is 6.05. The van der Waals surface area contributed by atoms with E-state index in [1.807, 2.05) is 0 Å². The third kappa shape index (κ3) is 4.55.